The second-order valence-electron chi connectivity index (χ2n) is 4.63. The van der Waals surface area contributed by atoms with E-state index in [1.807, 2.05) is 0 Å². The summed E-state index contributed by atoms with van der Waals surface area (Å²) < 4.78 is 9.59. The molecule has 2 rings (SSSR count). The zero-order chi connectivity index (χ0) is 19.9. The molecule has 8 nitrogen and oxygen atoms in total. The van der Waals surface area contributed by atoms with Gasteiger partial charge in [-0.2, -0.15) is 0 Å². The molecule has 0 spiro atoms. The smallest absolute Gasteiger partial charge is 0.303 e. The Labute approximate surface area is 150 Å². The summed E-state index contributed by atoms with van der Waals surface area (Å²) in [6.07, 6.45) is -0.593. The molecule has 0 aliphatic rings. The van der Waals surface area contributed by atoms with Crippen molar-refractivity contribution >= 4 is 11.9 Å². The number of carboxylic acid groups (broad SMARTS) is 2. The molecule has 2 aromatic carbocycles. The molecule has 0 unspecified atom stereocenters. The Kier molecular flexibility index (Phi) is 11.2. The number of ether oxygens (including phenoxy) is 2. The molecule has 2 aromatic rings. The summed E-state index contributed by atoms with van der Waals surface area (Å²) in [6, 6.07) is 13.7. The molecule has 0 atom stereocenters. The Morgan fingerprint density at radius 2 is 1.04 bits per heavy atom. The fourth-order valence-corrected chi connectivity index (χ4v) is 1.47. The summed E-state index contributed by atoms with van der Waals surface area (Å²) in [4.78, 5) is 19.3. The van der Waals surface area contributed by atoms with Crippen molar-refractivity contribution in [3.63, 3.8) is 0 Å². The van der Waals surface area contributed by atoms with E-state index in [0.717, 1.165) is 0 Å². The van der Waals surface area contributed by atoms with E-state index in [-0.39, 0.29) is 24.3 Å². The number of phenols is 2. The third-order valence-corrected chi connectivity index (χ3v) is 2.72. The molecule has 0 saturated carbocycles. The van der Waals surface area contributed by atoms with E-state index in [0.29, 0.717) is 11.5 Å². The highest BCUT2D eigenvalue weighted by molar-refractivity contribution is 5.75. The second kappa shape index (κ2) is 12.9. The second-order valence-corrected chi connectivity index (χ2v) is 4.63. The van der Waals surface area contributed by atoms with Crippen molar-refractivity contribution in [1.82, 2.24) is 0 Å². The fraction of sp³-hybridized carbons (Fsp3) is 0.222. The van der Waals surface area contributed by atoms with Crippen LogP contribution in [0.2, 0.25) is 0 Å². The maximum absolute atomic E-state index is 9.64. The number of aromatic hydroxyl groups is 2. The quantitative estimate of drug-likeness (QED) is 0.635. The van der Waals surface area contributed by atoms with Crippen LogP contribution in [0.4, 0.5) is 0 Å². The van der Waals surface area contributed by atoms with Gasteiger partial charge in [-0.25, -0.2) is 0 Å². The first-order valence-electron chi connectivity index (χ1n) is 7.39. The SMILES string of the molecule is COc1ccccc1O.COc1ccccc1O.O=C(O)CCC(=O)O. The van der Waals surface area contributed by atoms with Crippen molar-refractivity contribution in [2.45, 2.75) is 12.8 Å². The van der Waals surface area contributed by atoms with Gasteiger partial charge in [0.2, 0.25) is 0 Å². The first-order valence-corrected chi connectivity index (χ1v) is 7.39. The number of hydrogen-bond acceptors (Lipinski definition) is 6. The van der Waals surface area contributed by atoms with Crippen LogP contribution in [0.5, 0.6) is 23.0 Å². The van der Waals surface area contributed by atoms with Gasteiger partial charge in [0, 0.05) is 0 Å². The van der Waals surface area contributed by atoms with E-state index in [9.17, 15) is 9.59 Å². The summed E-state index contributed by atoms with van der Waals surface area (Å²) in [7, 11) is 3.05. The van der Waals surface area contributed by atoms with Crippen molar-refractivity contribution in [3.05, 3.63) is 48.5 Å². The summed E-state index contributed by atoms with van der Waals surface area (Å²) in [5, 5.41) is 33.8. The largest absolute Gasteiger partial charge is 0.504 e. The van der Waals surface area contributed by atoms with Gasteiger partial charge in [-0.1, -0.05) is 24.3 Å². The van der Waals surface area contributed by atoms with Gasteiger partial charge < -0.3 is 29.9 Å². The number of carboxylic acids is 2. The lowest BCUT2D eigenvalue weighted by molar-refractivity contribution is -0.143. The standard InChI is InChI=1S/2C7H8O2.C4H6O4/c2*1-9-7-5-3-2-4-6(7)8;5-3(6)1-2-4(7)8/h2*2-5,8H,1H3;1-2H2,(H,5,6)(H,7,8). The van der Waals surface area contributed by atoms with E-state index in [1.54, 1.807) is 48.5 Å². The van der Waals surface area contributed by atoms with Crippen molar-refractivity contribution in [2.24, 2.45) is 0 Å². The number of para-hydroxylation sites is 4. The minimum atomic E-state index is -1.08. The summed E-state index contributed by atoms with van der Waals surface area (Å²) in [5.74, 6) is -0.769. The molecule has 0 aromatic heterocycles. The van der Waals surface area contributed by atoms with Crippen LogP contribution in [-0.2, 0) is 9.59 Å². The van der Waals surface area contributed by atoms with E-state index in [2.05, 4.69) is 0 Å². The van der Waals surface area contributed by atoms with Gasteiger partial charge in [0.15, 0.2) is 23.0 Å². The van der Waals surface area contributed by atoms with Gasteiger partial charge in [-0.15, -0.1) is 0 Å². The number of hydrogen-bond donors (Lipinski definition) is 4. The molecule has 0 heterocycles. The lowest BCUT2D eigenvalue weighted by atomic mass is 10.3. The summed E-state index contributed by atoms with van der Waals surface area (Å²) >= 11 is 0. The Bertz CT molecular complexity index is 625. The maximum atomic E-state index is 9.64. The van der Waals surface area contributed by atoms with Crippen LogP contribution in [0.15, 0.2) is 48.5 Å². The van der Waals surface area contributed by atoms with Crippen LogP contribution >= 0.6 is 0 Å². The molecule has 0 amide bonds. The molecule has 26 heavy (non-hydrogen) atoms. The monoisotopic (exact) mass is 366 g/mol. The van der Waals surface area contributed by atoms with Gasteiger partial charge in [-0.05, 0) is 24.3 Å². The minimum Gasteiger partial charge on any atom is -0.504 e. The molecule has 0 aliphatic heterocycles. The molecule has 0 radical (unpaired) electrons. The molecule has 0 fully saturated rings. The predicted octanol–water partition coefficient (Wildman–Crippen LogP) is 2.74. The molecular weight excluding hydrogens is 344 g/mol. The Morgan fingerprint density at radius 3 is 1.23 bits per heavy atom. The molecule has 4 N–H and O–H groups in total. The predicted molar refractivity (Wildman–Crippen MR) is 93.8 cm³/mol. The normalized spacial score (nSPS) is 8.85. The van der Waals surface area contributed by atoms with Crippen LogP contribution in [-0.4, -0.2) is 46.6 Å². The number of carbonyl (C=O) groups is 2. The van der Waals surface area contributed by atoms with Crippen molar-refractivity contribution in [1.29, 1.82) is 0 Å². The molecule has 0 aliphatic carbocycles. The third kappa shape index (κ3) is 10.4. The van der Waals surface area contributed by atoms with Crippen LogP contribution < -0.4 is 9.47 Å². The van der Waals surface area contributed by atoms with Crippen LogP contribution in [0.1, 0.15) is 12.8 Å². The lowest BCUT2D eigenvalue weighted by Gasteiger charge is -1.99. The fourth-order valence-electron chi connectivity index (χ4n) is 1.47. The van der Waals surface area contributed by atoms with Crippen molar-refractivity contribution < 1.29 is 39.5 Å². The highest BCUT2D eigenvalue weighted by Crippen LogP contribution is 2.23. The van der Waals surface area contributed by atoms with Gasteiger partial charge in [0.1, 0.15) is 0 Å². The van der Waals surface area contributed by atoms with Gasteiger partial charge >= 0.3 is 11.9 Å². The van der Waals surface area contributed by atoms with Gasteiger partial charge in [0.25, 0.3) is 0 Å². The minimum absolute atomic E-state index is 0.181. The summed E-state index contributed by atoms with van der Waals surface area (Å²) in [6.45, 7) is 0. The van der Waals surface area contributed by atoms with Crippen molar-refractivity contribution in [2.75, 3.05) is 14.2 Å². The third-order valence-electron chi connectivity index (χ3n) is 2.72. The Balaban J connectivity index is 0.000000362. The average Bonchev–Trinajstić information content (AvgIpc) is 2.62. The zero-order valence-electron chi connectivity index (χ0n) is 14.5. The molecule has 142 valence electrons. The summed E-state index contributed by atoms with van der Waals surface area (Å²) in [5.41, 5.74) is 0. The lowest BCUT2D eigenvalue weighted by Crippen LogP contribution is -2.00. The van der Waals surface area contributed by atoms with E-state index in [4.69, 9.17) is 29.9 Å². The maximum Gasteiger partial charge on any atom is 0.303 e. The molecule has 8 heteroatoms. The van der Waals surface area contributed by atoms with E-state index < -0.39 is 11.9 Å². The van der Waals surface area contributed by atoms with Crippen LogP contribution in [0.3, 0.4) is 0 Å². The number of methoxy groups -OCH3 is 2. The number of benzene rings is 2. The number of aliphatic carboxylic acids is 2. The highest BCUT2D eigenvalue weighted by Gasteiger charge is 2.00. The van der Waals surface area contributed by atoms with Crippen LogP contribution in [0, 0.1) is 0 Å². The topological polar surface area (TPSA) is 134 Å². The zero-order valence-corrected chi connectivity index (χ0v) is 14.5. The molecule has 0 saturated heterocycles. The number of rotatable bonds is 5. The number of phenolic OH excluding ortho intramolecular Hbond substituents is 2. The van der Waals surface area contributed by atoms with E-state index >= 15 is 0 Å². The first-order chi connectivity index (χ1) is 12.3. The average molecular weight is 366 g/mol. The Morgan fingerprint density at radius 1 is 0.731 bits per heavy atom. The van der Waals surface area contributed by atoms with Gasteiger partial charge in [0.05, 0.1) is 27.1 Å². The molecule has 0 bridgehead atoms. The highest BCUT2D eigenvalue weighted by atomic mass is 16.5. The first kappa shape index (κ1) is 22.6. The van der Waals surface area contributed by atoms with Crippen molar-refractivity contribution in [3.8, 4) is 23.0 Å². The van der Waals surface area contributed by atoms with Crippen LogP contribution in [0.25, 0.3) is 0 Å². The van der Waals surface area contributed by atoms with Gasteiger partial charge in [-0.3, -0.25) is 9.59 Å². The Hall–Kier alpha value is -3.42. The van der Waals surface area contributed by atoms with E-state index in [1.165, 1.54) is 14.2 Å². The molecular formula is C18H22O8.